The summed E-state index contributed by atoms with van der Waals surface area (Å²) < 4.78 is 203. The molecular formula is C30H13F10O6S3+. The van der Waals surface area contributed by atoms with Crippen molar-refractivity contribution < 1.29 is 69.1 Å². The molecule has 0 spiro atoms. The minimum Gasteiger partial charge on any atom is -0.373 e. The molecule has 6 nitrogen and oxygen atoms in total. The zero-order valence-corrected chi connectivity index (χ0v) is 25.9. The highest BCUT2D eigenvalue weighted by Gasteiger charge is 2.41. The smallest absolute Gasteiger partial charge is 0.345 e. The lowest BCUT2D eigenvalue weighted by Crippen LogP contribution is -2.20. The summed E-state index contributed by atoms with van der Waals surface area (Å²) in [5.41, 5.74) is 0. The second-order valence-corrected chi connectivity index (χ2v) is 14.3. The number of rotatable bonds is 9. The van der Waals surface area contributed by atoms with Crippen LogP contribution in [-0.2, 0) is 31.1 Å². The highest BCUT2D eigenvalue weighted by atomic mass is 32.2. The molecule has 49 heavy (non-hydrogen) atoms. The van der Waals surface area contributed by atoms with Crippen molar-refractivity contribution in [2.45, 2.75) is 24.5 Å². The van der Waals surface area contributed by atoms with Crippen LogP contribution in [0.5, 0.6) is 11.5 Å². The Morgan fingerprint density at radius 1 is 0.388 bits per heavy atom. The maximum atomic E-state index is 14.5. The maximum absolute atomic E-state index is 14.5. The van der Waals surface area contributed by atoms with Gasteiger partial charge in [0.25, 0.3) is 0 Å². The van der Waals surface area contributed by atoms with Gasteiger partial charge in [-0.3, -0.25) is 0 Å². The van der Waals surface area contributed by atoms with Crippen LogP contribution in [0.4, 0.5) is 43.9 Å². The molecule has 5 aromatic rings. The Morgan fingerprint density at radius 2 is 0.673 bits per heavy atom. The molecule has 19 heteroatoms. The van der Waals surface area contributed by atoms with Gasteiger partial charge in [0.15, 0.2) is 72.7 Å². The predicted molar refractivity (Wildman–Crippen MR) is 150 cm³/mol. The molecule has 256 valence electrons. The van der Waals surface area contributed by atoms with Crippen LogP contribution in [0.25, 0.3) is 0 Å². The summed E-state index contributed by atoms with van der Waals surface area (Å²) in [7, 11) is -13.6. The first-order valence-electron chi connectivity index (χ1n) is 12.9. The van der Waals surface area contributed by atoms with E-state index in [1.54, 1.807) is 0 Å². The lowest BCUT2D eigenvalue weighted by molar-refractivity contribution is 0.352. The van der Waals surface area contributed by atoms with Gasteiger partial charge in [-0.2, -0.15) is 16.8 Å². The molecule has 0 heterocycles. The molecule has 5 aromatic carbocycles. The quantitative estimate of drug-likeness (QED) is 0.0504. The Morgan fingerprint density at radius 3 is 1.02 bits per heavy atom. The first kappa shape index (κ1) is 35.6. The number of halogens is 10. The van der Waals surface area contributed by atoms with E-state index >= 15 is 0 Å². The van der Waals surface area contributed by atoms with Crippen LogP contribution < -0.4 is 8.37 Å². The third-order valence-electron chi connectivity index (χ3n) is 6.36. The van der Waals surface area contributed by atoms with Gasteiger partial charge in [-0.05, 0) is 36.4 Å². The average molecular weight is 756 g/mol. The Balaban J connectivity index is 1.69. The van der Waals surface area contributed by atoms with Gasteiger partial charge in [0.1, 0.15) is 10.9 Å². The SMILES string of the molecule is O=S(=O)(Oc1ccccc1[S+](c1ccccc1)c1ccccc1OS(=O)(=O)c1c(F)c(F)c(F)c(F)c1F)c1c(F)c(F)c(F)c(F)c1F. The van der Waals surface area contributed by atoms with E-state index in [1.807, 2.05) is 0 Å². The van der Waals surface area contributed by atoms with E-state index in [-0.39, 0.29) is 14.7 Å². The zero-order valence-electron chi connectivity index (χ0n) is 23.5. The highest BCUT2D eigenvalue weighted by molar-refractivity contribution is 7.97. The van der Waals surface area contributed by atoms with E-state index in [0.717, 1.165) is 36.4 Å². The van der Waals surface area contributed by atoms with Crippen molar-refractivity contribution in [1.82, 2.24) is 0 Å². The third kappa shape index (κ3) is 6.40. The first-order chi connectivity index (χ1) is 23.0. The van der Waals surface area contributed by atoms with Crippen molar-refractivity contribution in [2.75, 3.05) is 0 Å². The van der Waals surface area contributed by atoms with Crippen molar-refractivity contribution >= 4 is 31.1 Å². The van der Waals surface area contributed by atoms with E-state index in [4.69, 9.17) is 8.37 Å². The van der Waals surface area contributed by atoms with E-state index in [9.17, 15) is 60.7 Å². The molecule has 0 saturated carbocycles. The van der Waals surface area contributed by atoms with Gasteiger partial charge in [0.05, 0.1) is 0 Å². The zero-order chi connectivity index (χ0) is 36.0. The normalized spacial score (nSPS) is 12.0. The molecule has 0 aliphatic carbocycles. The topological polar surface area (TPSA) is 86.7 Å². The largest absolute Gasteiger partial charge is 0.373 e. The molecule has 0 aromatic heterocycles. The summed E-state index contributed by atoms with van der Waals surface area (Å²) in [4.78, 5) is -4.97. The molecule has 0 aliphatic rings. The predicted octanol–water partition coefficient (Wildman–Crippen LogP) is 7.71. The lowest BCUT2D eigenvalue weighted by atomic mass is 10.3. The van der Waals surface area contributed by atoms with Gasteiger partial charge in [0.2, 0.25) is 21.4 Å². The Hall–Kier alpha value is -4.75. The van der Waals surface area contributed by atoms with E-state index in [2.05, 4.69) is 0 Å². The standard InChI is InChI=1S/C30H13F10O6S3/c31-19-21(33)25(37)29(26(38)22(19)34)48(41,42)45-15-10-4-6-12-17(15)47(14-8-2-1-3-9-14)18-13-7-5-11-16(18)46-49(43,44)30-27(39)23(35)20(32)24(36)28(30)40/h1-13H/q+1. The van der Waals surface area contributed by atoms with Gasteiger partial charge < -0.3 is 8.37 Å². The number of para-hydroxylation sites is 2. The summed E-state index contributed by atoms with van der Waals surface area (Å²) in [6, 6.07) is 16.3. The minimum atomic E-state index is -5.86. The van der Waals surface area contributed by atoms with Gasteiger partial charge in [0, 0.05) is 0 Å². The molecule has 0 fully saturated rings. The average Bonchev–Trinajstić information content (AvgIpc) is 3.06. The van der Waals surface area contributed by atoms with Crippen LogP contribution in [0.15, 0.2) is 103 Å². The summed E-state index contributed by atoms with van der Waals surface area (Å²) in [5.74, 6) is -28.1. The van der Waals surface area contributed by atoms with Crippen molar-refractivity contribution in [1.29, 1.82) is 0 Å². The summed E-state index contributed by atoms with van der Waals surface area (Å²) in [5, 5.41) is 0. The van der Waals surface area contributed by atoms with Crippen LogP contribution in [0.2, 0.25) is 0 Å². The van der Waals surface area contributed by atoms with Crippen LogP contribution in [0.1, 0.15) is 0 Å². The lowest BCUT2D eigenvalue weighted by Gasteiger charge is -2.16. The molecule has 0 unspecified atom stereocenters. The molecule has 0 aliphatic heterocycles. The van der Waals surface area contributed by atoms with E-state index < -0.39 is 111 Å². The Labute approximate surface area is 272 Å². The molecule has 0 bridgehead atoms. The fourth-order valence-corrected chi connectivity index (χ4v) is 8.73. The number of hydrogen-bond acceptors (Lipinski definition) is 6. The molecule has 0 amide bonds. The third-order valence-corrected chi connectivity index (χ3v) is 11.2. The molecule has 5 rings (SSSR count). The van der Waals surface area contributed by atoms with Gasteiger partial charge in [-0.1, -0.05) is 42.5 Å². The minimum absolute atomic E-state index is 0.192. The second kappa shape index (κ2) is 13.3. The Bertz CT molecular complexity index is 2140. The van der Waals surface area contributed by atoms with Gasteiger partial charge in [-0.25, -0.2) is 43.9 Å². The van der Waals surface area contributed by atoms with E-state index in [0.29, 0.717) is 0 Å². The van der Waals surface area contributed by atoms with Crippen LogP contribution in [0, 0.1) is 58.2 Å². The van der Waals surface area contributed by atoms with Gasteiger partial charge >= 0.3 is 20.2 Å². The molecule has 0 atom stereocenters. The highest BCUT2D eigenvalue weighted by Crippen LogP contribution is 2.42. The fourth-order valence-electron chi connectivity index (χ4n) is 4.23. The Kier molecular flexibility index (Phi) is 9.64. The van der Waals surface area contributed by atoms with Crippen LogP contribution in [0.3, 0.4) is 0 Å². The van der Waals surface area contributed by atoms with Crippen molar-refractivity contribution in [2.24, 2.45) is 0 Å². The number of benzene rings is 5. The number of hydrogen-bond donors (Lipinski definition) is 0. The van der Waals surface area contributed by atoms with Crippen LogP contribution in [-0.4, -0.2) is 16.8 Å². The molecular weight excluding hydrogens is 743 g/mol. The second-order valence-electron chi connectivity index (χ2n) is 9.39. The summed E-state index contributed by atoms with van der Waals surface area (Å²) in [6.07, 6.45) is 0. The van der Waals surface area contributed by atoms with Crippen molar-refractivity contribution in [3.8, 4) is 11.5 Å². The van der Waals surface area contributed by atoms with Crippen LogP contribution >= 0.6 is 0 Å². The van der Waals surface area contributed by atoms with E-state index in [1.165, 1.54) is 42.5 Å². The molecule has 0 radical (unpaired) electrons. The summed E-state index contributed by atoms with van der Waals surface area (Å²) in [6.45, 7) is 0. The van der Waals surface area contributed by atoms with Gasteiger partial charge in [-0.15, -0.1) is 0 Å². The van der Waals surface area contributed by atoms with Crippen molar-refractivity contribution in [3.63, 3.8) is 0 Å². The molecule has 0 N–H and O–H groups in total. The maximum Gasteiger partial charge on any atom is 0.345 e. The summed E-state index contributed by atoms with van der Waals surface area (Å²) >= 11 is 0. The monoisotopic (exact) mass is 755 g/mol. The fraction of sp³-hybridized carbons (Fsp3) is 0. The first-order valence-corrected chi connectivity index (χ1v) is 16.9. The van der Waals surface area contributed by atoms with Crippen molar-refractivity contribution in [3.05, 3.63) is 137 Å². The molecule has 0 saturated heterocycles.